The summed E-state index contributed by atoms with van der Waals surface area (Å²) in [4.78, 5) is 9.51. The van der Waals surface area contributed by atoms with E-state index in [1.54, 1.807) is 41.0 Å². The molecule has 372 valence electrons. The van der Waals surface area contributed by atoms with Gasteiger partial charge in [0.15, 0.2) is 0 Å². The number of rotatable bonds is 9. The van der Waals surface area contributed by atoms with E-state index in [0.29, 0.717) is 46.5 Å². The molecule has 1 aliphatic rings. The SMILES string of the molecule is [2H]c1c([2H])c([2H])c(-c2cnc(-n3c4cc(Oc5cccc(N6CN(Cc7cc(C(C)(C)C)cc(C(C)(C)C)c7)c7c(-c8ccccc8)cccc76)c5)ccc4c4c(-n5c6c([2H])c([2H])c([2H])c([2H])c6c6c([2H])c([2H])c([2H])c([2H])c65)cccc43)cc2C([2H])([2H])[2H])c([2H])c1[2H]. The van der Waals surface area contributed by atoms with E-state index >= 15 is 0 Å². The minimum Gasteiger partial charge on any atom is -0.457 e. The Balaban J connectivity index is 1.00. The van der Waals surface area contributed by atoms with Crippen molar-refractivity contribution in [3.05, 3.63) is 240 Å². The summed E-state index contributed by atoms with van der Waals surface area (Å²) in [6.45, 7) is 11.6. The van der Waals surface area contributed by atoms with Gasteiger partial charge in [0.05, 0.1) is 63.6 Å². The lowest BCUT2D eigenvalue weighted by Gasteiger charge is -2.28. The third kappa shape index (κ3) is 8.16. The molecule has 0 atom stereocenters. The Bertz CT molecular complexity index is 4960. The molecule has 13 rings (SSSR count). The average molecular weight is 1000 g/mol. The first-order valence-corrected chi connectivity index (χ1v) is 25.3. The van der Waals surface area contributed by atoms with Crippen LogP contribution < -0.4 is 14.5 Å². The second-order valence-corrected chi connectivity index (χ2v) is 21.4. The van der Waals surface area contributed by atoms with Crippen molar-refractivity contribution in [2.24, 2.45) is 0 Å². The van der Waals surface area contributed by atoms with Crippen LogP contribution in [0.5, 0.6) is 11.5 Å². The smallest absolute Gasteiger partial charge is 0.137 e. The molecule has 0 spiro atoms. The summed E-state index contributed by atoms with van der Waals surface area (Å²) >= 11 is 0. The van der Waals surface area contributed by atoms with Crippen molar-refractivity contribution in [2.75, 3.05) is 16.5 Å². The molecule has 0 N–H and O–H groups in total. The molecule has 0 aliphatic carbocycles. The lowest BCUT2D eigenvalue weighted by atomic mass is 9.79. The van der Waals surface area contributed by atoms with Gasteiger partial charge >= 0.3 is 0 Å². The molecule has 6 heteroatoms. The number of aromatic nitrogens is 3. The first kappa shape index (κ1) is 32.4. The number of pyridine rings is 1. The highest BCUT2D eigenvalue weighted by atomic mass is 16.5. The molecule has 4 heterocycles. The van der Waals surface area contributed by atoms with E-state index in [-0.39, 0.29) is 60.8 Å². The highest BCUT2D eigenvalue weighted by molar-refractivity contribution is 6.16. The van der Waals surface area contributed by atoms with Crippen LogP contribution in [0.15, 0.2) is 218 Å². The number of aryl methyl sites for hydroxylation is 1. The fourth-order valence-corrected chi connectivity index (χ4v) is 10.7. The van der Waals surface area contributed by atoms with Crippen molar-refractivity contribution in [3.63, 3.8) is 0 Å². The topological polar surface area (TPSA) is 38.5 Å². The van der Waals surface area contributed by atoms with Crippen LogP contribution in [0, 0.1) is 6.85 Å². The summed E-state index contributed by atoms with van der Waals surface area (Å²) in [7, 11) is 0. The maximum Gasteiger partial charge on any atom is 0.137 e. The quantitative estimate of drug-likeness (QED) is 0.144. The number of nitrogens with zero attached hydrogens (tertiary/aromatic N) is 5. The molecule has 3 aromatic heterocycles. The second kappa shape index (κ2) is 18.2. The van der Waals surface area contributed by atoms with E-state index in [1.165, 1.54) is 33.5 Å². The van der Waals surface area contributed by atoms with E-state index in [2.05, 4.69) is 99.9 Å². The monoisotopic (exact) mass is 1000 g/mol. The van der Waals surface area contributed by atoms with E-state index < -0.39 is 85.4 Å². The lowest BCUT2D eigenvalue weighted by molar-refractivity contribution is 0.483. The summed E-state index contributed by atoms with van der Waals surface area (Å²) in [6.07, 6.45) is 1.17. The fourth-order valence-electron chi connectivity index (χ4n) is 10.7. The van der Waals surface area contributed by atoms with Gasteiger partial charge in [-0.05, 0) is 112 Å². The van der Waals surface area contributed by atoms with Crippen molar-refractivity contribution in [3.8, 4) is 45.3 Å². The van der Waals surface area contributed by atoms with Crippen molar-refractivity contribution >= 4 is 60.7 Å². The van der Waals surface area contributed by atoms with Crippen LogP contribution in [0.2, 0.25) is 0 Å². The van der Waals surface area contributed by atoms with Crippen molar-refractivity contribution in [2.45, 2.75) is 65.8 Å². The van der Waals surface area contributed by atoms with Crippen molar-refractivity contribution in [1.29, 1.82) is 0 Å². The number of benzene rings is 9. The molecule has 12 aromatic rings. The summed E-state index contributed by atoms with van der Waals surface area (Å²) in [5.74, 6) is 0.813. The Morgan fingerprint density at radius 1 is 0.539 bits per heavy atom. The van der Waals surface area contributed by atoms with Gasteiger partial charge in [-0.15, -0.1) is 0 Å². The van der Waals surface area contributed by atoms with Crippen LogP contribution in [-0.4, -0.2) is 20.8 Å². The third-order valence-electron chi connectivity index (χ3n) is 14.4. The third-order valence-corrected chi connectivity index (χ3v) is 14.4. The molecule has 0 amide bonds. The van der Waals surface area contributed by atoms with E-state index in [1.807, 2.05) is 42.5 Å². The Labute approximate surface area is 468 Å². The summed E-state index contributed by atoms with van der Waals surface area (Å²) in [5.41, 5.74) is 8.46. The first-order chi connectivity index (χ1) is 43.5. The molecule has 0 unspecified atom stereocenters. The minimum absolute atomic E-state index is 0.0153. The molecular weight excluding hydrogens is 927 g/mol. The normalized spacial score (nSPS) is 16.0. The Hall–Kier alpha value is -8.87. The van der Waals surface area contributed by atoms with Gasteiger partial charge in [-0.2, -0.15) is 0 Å². The molecule has 0 radical (unpaired) electrons. The second-order valence-electron chi connectivity index (χ2n) is 21.4. The van der Waals surface area contributed by atoms with Crippen LogP contribution in [0.4, 0.5) is 17.1 Å². The summed E-state index contributed by atoms with van der Waals surface area (Å²) in [5, 5.41) is 0.636. The number of anilines is 3. The van der Waals surface area contributed by atoms with Gasteiger partial charge in [-0.1, -0.05) is 181 Å². The summed E-state index contributed by atoms with van der Waals surface area (Å²) in [6, 6.07) is 35.5. The van der Waals surface area contributed by atoms with Crippen LogP contribution in [-0.2, 0) is 17.4 Å². The van der Waals surface area contributed by atoms with Gasteiger partial charge in [0.25, 0.3) is 0 Å². The van der Waals surface area contributed by atoms with Crippen LogP contribution in [0.3, 0.4) is 0 Å². The van der Waals surface area contributed by atoms with Crippen molar-refractivity contribution < 1.29 is 26.7 Å². The van der Waals surface area contributed by atoms with Gasteiger partial charge in [0.1, 0.15) is 17.3 Å². The minimum atomic E-state index is -2.95. The fraction of sp³-hybridized carbons (Fsp3) is 0.157. The van der Waals surface area contributed by atoms with E-state index in [9.17, 15) is 2.74 Å². The zero-order valence-electron chi connectivity index (χ0n) is 58.8. The van der Waals surface area contributed by atoms with E-state index in [4.69, 9.17) is 28.9 Å². The maximum absolute atomic E-state index is 9.36. The largest absolute Gasteiger partial charge is 0.457 e. The Kier molecular flexibility index (Phi) is 7.77. The molecular formula is C70H61N5O. The highest BCUT2D eigenvalue weighted by Crippen LogP contribution is 2.49. The zero-order chi connectivity index (χ0) is 65.7. The van der Waals surface area contributed by atoms with Gasteiger partial charge in [0.2, 0.25) is 0 Å². The van der Waals surface area contributed by atoms with Gasteiger partial charge in [0, 0.05) is 67.3 Å². The van der Waals surface area contributed by atoms with Crippen molar-refractivity contribution in [1.82, 2.24) is 14.1 Å². The Morgan fingerprint density at radius 3 is 1.93 bits per heavy atom. The number of ether oxygens (including phenoxy) is 1. The molecule has 0 bridgehead atoms. The number of fused-ring (bicyclic) bond motifs is 7. The predicted octanol–water partition coefficient (Wildman–Crippen LogP) is 18.4. The van der Waals surface area contributed by atoms with Gasteiger partial charge in [-0.25, -0.2) is 4.98 Å². The van der Waals surface area contributed by atoms with Crippen LogP contribution in [0.25, 0.3) is 77.4 Å². The highest BCUT2D eigenvalue weighted by Gasteiger charge is 2.31. The molecule has 0 fully saturated rings. The van der Waals surface area contributed by atoms with Gasteiger partial charge in [-0.3, -0.25) is 4.57 Å². The van der Waals surface area contributed by atoms with Crippen LogP contribution >= 0.6 is 0 Å². The van der Waals surface area contributed by atoms with E-state index in [0.717, 1.165) is 28.2 Å². The maximum atomic E-state index is 9.36. The zero-order valence-corrected chi connectivity index (χ0v) is 42.8. The number of para-hydroxylation sites is 3. The predicted molar refractivity (Wildman–Crippen MR) is 319 cm³/mol. The summed E-state index contributed by atoms with van der Waals surface area (Å²) < 4.78 is 152. The average Bonchev–Trinajstić information content (AvgIpc) is 1.53. The Morgan fingerprint density at radius 2 is 1.21 bits per heavy atom. The molecule has 1 aliphatic heterocycles. The molecule has 9 aromatic carbocycles. The number of hydrogen-bond acceptors (Lipinski definition) is 4. The molecule has 6 nitrogen and oxygen atoms in total. The van der Waals surface area contributed by atoms with Gasteiger partial charge < -0.3 is 19.1 Å². The van der Waals surface area contributed by atoms with Crippen LogP contribution in [0.1, 0.15) is 85.7 Å². The lowest BCUT2D eigenvalue weighted by Crippen LogP contribution is -2.28. The molecule has 0 saturated heterocycles. The molecule has 0 saturated carbocycles. The standard InChI is InChI=1S/C70H61N5O/c1-46-37-66(71-43-59(46)49-23-12-9-13-24-49)75-63-33-20-32-62(74-60-30-16-14-27-56(60)57-28-15-17-31-61(57)74)67(63)58-36-35-54(42-65(58)75)76-53-26-18-25-52(41-53)73-45-72(68-55(29-19-34-64(68)73)48-21-10-8-11-22-48)44-47-38-50(69(2,3)4)40-51(39-47)70(5,6)7/h8-43H,44-45H2,1-7H3/i1D3,9D,12D,13D,14D,15D,16D,17D,23D,24D,27D,28D,30D,31D. The number of hydrogen-bond donors (Lipinski definition) is 0. The molecule has 76 heavy (non-hydrogen) atoms. The first-order valence-electron chi connectivity index (χ1n) is 33.3.